The van der Waals surface area contributed by atoms with E-state index in [4.69, 9.17) is 43.7 Å². The summed E-state index contributed by atoms with van der Waals surface area (Å²) in [6.07, 6.45) is 0.504. The fraction of sp³-hybridized carbons (Fsp3) is 1.00. The average molecular weight is 501 g/mol. The van der Waals surface area contributed by atoms with Gasteiger partial charge in [-0.1, -0.05) is 0 Å². The van der Waals surface area contributed by atoms with E-state index < -0.39 is 6.10 Å². The highest BCUT2D eigenvalue weighted by Crippen LogP contribution is 2.03. The van der Waals surface area contributed by atoms with Crippen molar-refractivity contribution in [2.75, 3.05) is 66.1 Å². The molecule has 0 bridgehead atoms. The predicted molar refractivity (Wildman–Crippen MR) is 130 cm³/mol. The molecule has 0 rings (SSSR count). The minimum absolute atomic E-state index is 0.00675. The Hall–Kier alpha value is -0.400. The van der Waals surface area contributed by atoms with Gasteiger partial charge in [0, 0.05) is 26.4 Å². The second-order valence-electron chi connectivity index (χ2n) is 8.52. The van der Waals surface area contributed by atoms with Gasteiger partial charge in [-0.3, -0.25) is 0 Å². The highest BCUT2D eigenvalue weighted by atomic mass is 16.6. The lowest BCUT2D eigenvalue weighted by molar-refractivity contribution is -0.100. The van der Waals surface area contributed by atoms with E-state index >= 15 is 0 Å². The maximum atomic E-state index is 9.17. The van der Waals surface area contributed by atoms with Crippen molar-refractivity contribution in [3.05, 3.63) is 0 Å². The molecule has 10 heteroatoms. The summed E-state index contributed by atoms with van der Waals surface area (Å²) in [5, 5.41) is 34.7. The SMILES string of the molecule is CC(O)COC(C)COC(C)COC(C)COC(C)COC(C)CO.OCCCOCCCO. The molecule has 0 aliphatic heterocycles. The summed E-state index contributed by atoms with van der Waals surface area (Å²) in [7, 11) is 0. The molecule has 0 spiro atoms. The van der Waals surface area contributed by atoms with Gasteiger partial charge < -0.3 is 48.8 Å². The first-order valence-electron chi connectivity index (χ1n) is 12.3. The third-order valence-electron chi connectivity index (χ3n) is 4.23. The standard InChI is InChI=1S/C18H38O7.C6H14O3/c1-13(20)8-21-15(3)10-23-17(5)12-25-18(6)11-24-16(4)9-22-14(2)7-19;7-3-1-5-9-6-2-4-8/h13-20H,7-12H2,1-6H3;7-8H,1-6H2. The molecule has 0 heterocycles. The Balaban J connectivity index is 0. The van der Waals surface area contributed by atoms with Gasteiger partial charge in [-0.2, -0.15) is 0 Å². The molecule has 0 fully saturated rings. The molecular weight excluding hydrogens is 448 g/mol. The normalized spacial score (nSPS) is 16.8. The van der Waals surface area contributed by atoms with Crippen LogP contribution in [0.1, 0.15) is 54.4 Å². The molecule has 0 saturated carbocycles. The van der Waals surface area contributed by atoms with Crippen LogP contribution in [-0.2, 0) is 28.4 Å². The lowest BCUT2D eigenvalue weighted by atomic mass is 10.3. The van der Waals surface area contributed by atoms with Crippen molar-refractivity contribution < 1.29 is 48.8 Å². The second kappa shape index (κ2) is 25.7. The first-order valence-corrected chi connectivity index (χ1v) is 12.3. The predicted octanol–water partition coefficient (Wildman–Crippen LogP) is 1.15. The fourth-order valence-corrected chi connectivity index (χ4v) is 2.18. The fourth-order valence-electron chi connectivity index (χ4n) is 2.18. The maximum absolute atomic E-state index is 9.17. The molecule has 0 amide bonds. The summed E-state index contributed by atoms with van der Waals surface area (Å²) < 4.78 is 32.9. The van der Waals surface area contributed by atoms with E-state index in [1.165, 1.54) is 0 Å². The average Bonchev–Trinajstić information content (AvgIpc) is 2.82. The molecule has 10 nitrogen and oxygen atoms in total. The van der Waals surface area contributed by atoms with Gasteiger partial charge >= 0.3 is 0 Å². The van der Waals surface area contributed by atoms with Gasteiger partial charge in [0.05, 0.1) is 76.3 Å². The van der Waals surface area contributed by atoms with Crippen molar-refractivity contribution in [3.63, 3.8) is 0 Å². The highest BCUT2D eigenvalue weighted by Gasteiger charge is 2.12. The molecule has 0 aromatic heterocycles. The van der Waals surface area contributed by atoms with Crippen molar-refractivity contribution >= 4 is 0 Å². The number of hydrogen-bond acceptors (Lipinski definition) is 10. The molecule has 0 aromatic carbocycles. The molecule has 0 aliphatic rings. The van der Waals surface area contributed by atoms with Gasteiger partial charge in [0.25, 0.3) is 0 Å². The number of ether oxygens (including phenoxy) is 6. The number of hydrogen-bond donors (Lipinski definition) is 4. The Kier molecular flexibility index (Phi) is 27.0. The summed E-state index contributed by atoms with van der Waals surface area (Å²) in [5.74, 6) is 0. The molecule has 4 N–H and O–H groups in total. The van der Waals surface area contributed by atoms with Gasteiger partial charge in [-0.15, -0.1) is 0 Å². The summed E-state index contributed by atoms with van der Waals surface area (Å²) in [6.45, 7) is 14.9. The van der Waals surface area contributed by atoms with Gasteiger partial charge in [-0.05, 0) is 54.4 Å². The summed E-state index contributed by atoms with van der Waals surface area (Å²) in [5.41, 5.74) is 0. The van der Waals surface area contributed by atoms with Crippen molar-refractivity contribution in [3.8, 4) is 0 Å². The molecular formula is C24H52O10. The molecule has 6 atom stereocenters. The van der Waals surface area contributed by atoms with Crippen LogP contribution in [0.25, 0.3) is 0 Å². The van der Waals surface area contributed by atoms with Crippen LogP contribution in [0.5, 0.6) is 0 Å². The quantitative estimate of drug-likeness (QED) is 0.160. The molecule has 6 unspecified atom stereocenters. The van der Waals surface area contributed by atoms with Gasteiger partial charge in [-0.25, -0.2) is 0 Å². The zero-order valence-electron chi connectivity index (χ0n) is 22.2. The lowest BCUT2D eigenvalue weighted by Crippen LogP contribution is -2.29. The highest BCUT2D eigenvalue weighted by molar-refractivity contribution is 4.58. The third kappa shape index (κ3) is 27.8. The van der Waals surface area contributed by atoms with Crippen LogP contribution in [0.4, 0.5) is 0 Å². The maximum Gasteiger partial charge on any atom is 0.0781 e. The minimum atomic E-state index is -0.469. The Morgan fingerprint density at radius 2 is 0.824 bits per heavy atom. The van der Waals surface area contributed by atoms with Crippen LogP contribution in [0.3, 0.4) is 0 Å². The second-order valence-corrected chi connectivity index (χ2v) is 8.52. The van der Waals surface area contributed by atoms with E-state index in [0.717, 1.165) is 0 Å². The largest absolute Gasteiger partial charge is 0.396 e. The van der Waals surface area contributed by atoms with Crippen LogP contribution in [0.2, 0.25) is 0 Å². The summed E-state index contributed by atoms with van der Waals surface area (Å²) >= 11 is 0. The molecule has 0 aliphatic carbocycles. The topological polar surface area (TPSA) is 136 Å². The smallest absolute Gasteiger partial charge is 0.0781 e. The van der Waals surface area contributed by atoms with Crippen molar-refractivity contribution in [2.24, 2.45) is 0 Å². The minimum Gasteiger partial charge on any atom is -0.396 e. The first kappa shape index (κ1) is 35.8. The van der Waals surface area contributed by atoms with Crippen LogP contribution in [0.15, 0.2) is 0 Å². The third-order valence-corrected chi connectivity index (χ3v) is 4.23. The van der Waals surface area contributed by atoms with E-state index in [1.54, 1.807) is 6.92 Å². The Morgan fingerprint density at radius 3 is 1.12 bits per heavy atom. The Bertz CT molecular complexity index is 394. The zero-order valence-corrected chi connectivity index (χ0v) is 22.2. The lowest BCUT2D eigenvalue weighted by Gasteiger charge is -2.22. The summed E-state index contributed by atoms with van der Waals surface area (Å²) in [4.78, 5) is 0. The Labute approximate surface area is 206 Å². The van der Waals surface area contributed by atoms with Crippen LogP contribution < -0.4 is 0 Å². The Morgan fingerprint density at radius 1 is 0.500 bits per heavy atom. The van der Waals surface area contributed by atoms with Gasteiger partial charge in [0.2, 0.25) is 0 Å². The molecule has 34 heavy (non-hydrogen) atoms. The zero-order chi connectivity index (χ0) is 26.2. The number of aliphatic hydroxyl groups excluding tert-OH is 4. The monoisotopic (exact) mass is 500 g/mol. The van der Waals surface area contributed by atoms with E-state index in [1.807, 2.05) is 34.6 Å². The van der Waals surface area contributed by atoms with Crippen LogP contribution in [-0.4, -0.2) is 123 Å². The van der Waals surface area contributed by atoms with Gasteiger partial charge in [0.15, 0.2) is 0 Å². The van der Waals surface area contributed by atoms with E-state index in [9.17, 15) is 5.11 Å². The van der Waals surface area contributed by atoms with E-state index in [2.05, 4.69) is 0 Å². The molecule has 0 saturated heterocycles. The van der Waals surface area contributed by atoms with Crippen LogP contribution in [0, 0.1) is 0 Å². The van der Waals surface area contributed by atoms with Crippen molar-refractivity contribution in [1.82, 2.24) is 0 Å². The molecule has 0 aromatic rings. The molecule has 208 valence electrons. The van der Waals surface area contributed by atoms with Gasteiger partial charge in [0.1, 0.15) is 0 Å². The van der Waals surface area contributed by atoms with E-state index in [-0.39, 0.29) is 50.3 Å². The summed E-state index contributed by atoms with van der Waals surface area (Å²) in [6, 6.07) is 0. The number of rotatable bonds is 22. The molecule has 0 radical (unpaired) electrons. The van der Waals surface area contributed by atoms with Crippen molar-refractivity contribution in [2.45, 2.75) is 91.0 Å². The van der Waals surface area contributed by atoms with Crippen LogP contribution >= 0.6 is 0 Å². The van der Waals surface area contributed by atoms with Crippen molar-refractivity contribution in [1.29, 1.82) is 0 Å². The van der Waals surface area contributed by atoms with E-state index in [0.29, 0.717) is 59.1 Å². The number of aliphatic hydroxyl groups is 4. The first-order chi connectivity index (χ1) is 16.2.